The number of ether oxygens (including phenoxy) is 1. The van der Waals surface area contributed by atoms with Crippen LogP contribution in [0.2, 0.25) is 0 Å². The van der Waals surface area contributed by atoms with Crippen molar-refractivity contribution < 1.29 is 4.74 Å². The van der Waals surface area contributed by atoms with Gasteiger partial charge in [-0.1, -0.05) is 0 Å². The maximum absolute atomic E-state index is 11.3. The van der Waals surface area contributed by atoms with Crippen LogP contribution in [0, 0.1) is 6.92 Å². The molecule has 2 aromatic heterocycles. The number of pyridine rings is 1. The minimum atomic E-state index is -0.235. The van der Waals surface area contributed by atoms with E-state index in [2.05, 4.69) is 15.2 Å². The Kier molecular flexibility index (Phi) is 1.92. The van der Waals surface area contributed by atoms with E-state index < -0.39 is 0 Å². The van der Waals surface area contributed by atoms with Crippen molar-refractivity contribution in [3.8, 4) is 5.88 Å². The van der Waals surface area contributed by atoms with Crippen molar-refractivity contribution in [3.63, 3.8) is 0 Å². The molecular weight excluding hydrogens is 182 g/mol. The molecule has 0 atom stereocenters. The van der Waals surface area contributed by atoms with E-state index in [0.29, 0.717) is 11.3 Å². The van der Waals surface area contributed by atoms with Gasteiger partial charge in [-0.3, -0.25) is 4.79 Å². The number of H-pyrrole nitrogens is 1. The number of nitrogens with one attached hydrogen (secondary N) is 1. The van der Waals surface area contributed by atoms with Crippen LogP contribution in [-0.4, -0.2) is 22.3 Å². The quantitative estimate of drug-likeness (QED) is 0.718. The van der Waals surface area contributed by atoms with Crippen LogP contribution >= 0.6 is 0 Å². The molecule has 0 saturated heterocycles. The summed E-state index contributed by atoms with van der Waals surface area (Å²) in [6.45, 7) is 1.82. The first-order valence-electron chi connectivity index (χ1n) is 4.11. The van der Waals surface area contributed by atoms with Crippen molar-refractivity contribution in [1.29, 1.82) is 0 Å². The molecule has 0 bridgehead atoms. The van der Waals surface area contributed by atoms with Crippen molar-refractivity contribution in [2.24, 2.45) is 0 Å². The lowest BCUT2D eigenvalue weighted by molar-refractivity contribution is 0.398. The van der Waals surface area contributed by atoms with Crippen molar-refractivity contribution >= 4 is 10.8 Å². The molecule has 2 aromatic rings. The van der Waals surface area contributed by atoms with E-state index in [4.69, 9.17) is 4.74 Å². The van der Waals surface area contributed by atoms with Crippen molar-refractivity contribution in [3.05, 3.63) is 28.3 Å². The third-order valence-electron chi connectivity index (χ3n) is 2.05. The van der Waals surface area contributed by atoms with Gasteiger partial charge in [0.2, 0.25) is 5.88 Å². The molecule has 1 N–H and O–H groups in total. The fourth-order valence-electron chi connectivity index (χ4n) is 1.28. The first-order chi connectivity index (χ1) is 6.72. The van der Waals surface area contributed by atoms with E-state index in [0.717, 1.165) is 11.1 Å². The lowest BCUT2D eigenvalue weighted by atomic mass is 10.2. The number of rotatable bonds is 1. The molecule has 0 fully saturated rings. The van der Waals surface area contributed by atoms with Crippen LogP contribution in [-0.2, 0) is 0 Å². The monoisotopic (exact) mass is 191 g/mol. The summed E-state index contributed by atoms with van der Waals surface area (Å²) in [5.74, 6) is 0.480. The van der Waals surface area contributed by atoms with Crippen LogP contribution in [0.15, 0.2) is 17.1 Å². The summed E-state index contributed by atoms with van der Waals surface area (Å²) < 4.78 is 4.97. The van der Waals surface area contributed by atoms with Crippen LogP contribution in [0.4, 0.5) is 0 Å². The Morgan fingerprint density at radius 3 is 2.93 bits per heavy atom. The summed E-state index contributed by atoms with van der Waals surface area (Å²) >= 11 is 0. The number of fused-ring (bicyclic) bond motifs is 1. The molecule has 0 aliphatic carbocycles. The number of aryl methyl sites for hydroxylation is 1. The van der Waals surface area contributed by atoms with Gasteiger partial charge < -0.3 is 4.74 Å². The SMILES string of the molecule is COc1cc2c(C)n[nH]c(=O)c2cn1. The lowest BCUT2D eigenvalue weighted by Gasteiger charge is -2.01. The highest BCUT2D eigenvalue weighted by Gasteiger charge is 2.04. The second kappa shape index (κ2) is 3.10. The van der Waals surface area contributed by atoms with Crippen molar-refractivity contribution in [1.82, 2.24) is 15.2 Å². The largest absolute Gasteiger partial charge is 0.481 e. The molecule has 0 aromatic carbocycles. The fourth-order valence-corrected chi connectivity index (χ4v) is 1.28. The van der Waals surface area contributed by atoms with Gasteiger partial charge in [-0.15, -0.1) is 0 Å². The lowest BCUT2D eigenvalue weighted by Crippen LogP contribution is -2.10. The Labute approximate surface area is 79.7 Å². The Bertz CT molecular complexity index is 533. The maximum atomic E-state index is 11.3. The zero-order valence-corrected chi connectivity index (χ0v) is 7.87. The Hall–Kier alpha value is -1.91. The molecule has 0 spiro atoms. The van der Waals surface area contributed by atoms with Crippen LogP contribution in [0.3, 0.4) is 0 Å². The number of hydrogen-bond donors (Lipinski definition) is 1. The molecule has 5 heteroatoms. The molecule has 2 heterocycles. The Balaban J connectivity index is 2.87. The molecular formula is C9H9N3O2. The van der Waals surface area contributed by atoms with Crippen LogP contribution < -0.4 is 10.3 Å². The first-order valence-corrected chi connectivity index (χ1v) is 4.11. The van der Waals surface area contributed by atoms with Crippen LogP contribution in [0.5, 0.6) is 5.88 Å². The zero-order valence-electron chi connectivity index (χ0n) is 7.87. The molecule has 0 unspecified atom stereocenters. The molecule has 0 saturated carbocycles. The van der Waals surface area contributed by atoms with Crippen molar-refractivity contribution in [2.75, 3.05) is 7.11 Å². The van der Waals surface area contributed by atoms with Gasteiger partial charge in [0.1, 0.15) is 0 Å². The molecule has 0 aliphatic rings. The summed E-state index contributed by atoms with van der Waals surface area (Å²) in [6.07, 6.45) is 1.49. The molecule has 2 rings (SSSR count). The summed E-state index contributed by atoms with van der Waals surface area (Å²) in [5.41, 5.74) is 0.515. The van der Waals surface area contributed by atoms with Gasteiger partial charge in [0, 0.05) is 17.6 Å². The van der Waals surface area contributed by atoms with E-state index in [1.807, 2.05) is 6.92 Å². The highest BCUT2D eigenvalue weighted by molar-refractivity contribution is 5.83. The molecule has 14 heavy (non-hydrogen) atoms. The topological polar surface area (TPSA) is 67.9 Å². The zero-order chi connectivity index (χ0) is 10.1. The molecule has 0 amide bonds. The predicted molar refractivity (Wildman–Crippen MR) is 51.4 cm³/mol. The van der Waals surface area contributed by atoms with Crippen molar-refractivity contribution in [2.45, 2.75) is 6.92 Å². The summed E-state index contributed by atoms with van der Waals surface area (Å²) in [6, 6.07) is 1.70. The third kappa shape index (κ3) is 1.22. The number of aromatic nitrogens is 3. The maximum Gasteiger partial charge on any atom is 0.273 e. The summed E-state index contributed by atoms with van der Waals surface area (Å²) in [5, 5.41) is 7.55. The Morgan fingerprint density at radius 2 is 2.21 bits per heavy atom. The average Bonchev–Trinajstić information content (AvgIpc) is 2.23. The normalized spacial score (nSPS) is 10.4. The minimum absolute atomic E-state index is 0.235. The second-order valence-electron chi connectivity index (χ2n) is 2.91. The smallest absolute Gasteiger partial charge is 0.273 e. The van der Waals surface area contributed by atoms with Crippen LogP contribution in [0.1, 0.15) is 5.69 Å². The summed E-state index contributed by atoms with van der Waals surface area (Å²) in [4.78, 5) is 15.3. The van der Waals surface area contributed by atoms with Gasteiger partial charge in [0.05, 0.1) is 18.2 Å². The Morgan fingerprint density at radius 1 is 1.43 bits per heavy atom. The van der Waals surface area contributed by atoms with E-state index in [-0.39, 0.29) is 5.56 Å². The summed E-state index contributed by atoms with van der Waals surface area (Å²) in [7, 11) is 1.53. The number of hydrogen-bond acceptors (Lipinski definition) is 4. The highest BCUT2D eigenvalue weighted by Crippen LogP contribution is 2.16. The molecule has 5 nitrogen and oxygen atoms in total. The second-order valence-corrected chi connectivity index (χ2v) is 2.91. The van der Waals surface area contributed by atoms with Gasteiger partial charge in [-0.25, -0.2) is 10.1 Å². The average molecular weight is 191 g/mol. The van der Waals surface area contributed by atoms with E-state index in [1.54, 1.807) is 6.07 Å². The van der Waals surface area contributed by atoms with Gasteiger partial charge in [-0.2, -0.15) is 5.10 Å². The van der Waals surface area contributed by atoms with Gasteiger partial charge >= 0.3 is 0 Å². The van der Waals surface area contributed by atoms with Gasteiger partial charge in [0.25, 0.3) is 5.56 Å². The standard InChI is InChI=1S/C9H9N3O2/c1-5-6-3-8(14-2)10-4-7(6)9(13)12-11-5/h3-4H,1-2H3,(H,12,13). The van der Waals surface area contributed by atoms with Gasteiger partial charge in [0.15, 0.2) is 0 Å². The third-order valence-corrected chi connectivity index (χ3v) is 2.05. The van der Waals surface area contributed by atoms with E-state index >= 15 is 0 Å². The predicted octanol–water partition coefficient (Wildman–Crippen LogP) is 0.635. The fraction of sp³-hybridized carbons (Fsp3) is 0.222. The number of methoxy groups -OCH3 is 1. The highest BCUT2D eigenvalue weighted by atomic mass is 16.5. The molecule has 72 valence electrons. The van der Waals surface area contributed by atoms with E-state index in [9.17, 15) is 4.79 Å². The number of aromatic amines is 1. The first kappa shape index (κ1) is 8.68. The van der Waals surface area contributed by atoms with E-state index in [1.165, 1.54) is 13.3 Å². The molecule has 0 aliphatic heterocycles. The minimum Gasteiger partial charge on any atom is -0.481 e. The van der Waals surface area contributed by atoms with Crippen LogP contribution in [0.25, 0.3) is 10.8 Å². The number of nitrogens with zero attached hydrogens (tertiary/aromatic N) is 2. The van der Waals surface area contributed by atoms with Gasteiger partial charge in [-0.05, 0) is 6.92 Å². The molecule has 0 radical (unpaired) electrons.